The monoisotopic (exact) mass is 857 g/mol. The zero-order chi connectivity index (χ0) is 44.5. The first-order chi connectivity index (χ1) is 31.5. The van der Waals surface area contributed by atoms with Gasteiger partial charge in [0.05, 0.1) is 22.1 Å². The van der Waals surface area contributed by atoms with Crippen molar-refractivity contribution in [1.82, 2.24) is 24.1 Å². The minimum absolute atomic E-state index is 0.0514. The third-order valence-corrected chi connectivity index (χ3v) is 18.0. The highest BCUT2D eigenvalue weighted by Crippen LogP contribution is 2.41. The van der Waals surface area contributed by atoms with Gasteiger partial charge in [-0.25, -0.2) is 0 Å². The van der Waals surface area contributed by atoms with Crippen molar-refractivity contribution in [3.05, 3.63) is 211 Å². The van der Waals surface area contributed by atoms with E-state index in [1.54, 1.807) is 0 Å². The molecule has 6 heteroatoms. The van der Waals surface area contributed by atoms with Gasteiger partial charge in [-0.15, -0.1) is 0 Å². The highest BCUT2D eigenvalue weighted by molar-refractivity contribution is 7.19. The van der Waals surface area contributed by atoms with Gasteiger partial charge in [0.2, 0.25) is 11.9 Å². The van der Waals surface area contributed by atoms with Crippen molar-refractivity contribution in [1.29, 1.82) is 0 Å². The van der Waals surface area contributed by atoms with Crippen LogP contribution in [0.1, 0.15) is 52.7 Å². The molecule has 0 saturated heterocycles. The minimum Gasteiger partial charge on any atom is -0.278 e. The second kappa shape index (κ2) is 15.4. The van der Waals surface area contributed by atoms with Crippen LogP contribution in [0.5, 0.6) is 0 Å². The van der Waals surface area contributed by atoms with Crippen molar-refractivity contribution in [2.75, 3.05) is 0 Å². The molecule has 8 aromatic carbocycles. The second-order valence-electron chi connectivity index (χ2n) is 19.3. The summed E-state index contributed by atoms with van der Waals surface area (Å²) in [6, 6.07) is 72.9. The Morgan fingerprint density at radius 1 is 0.369 bits per heavy atom. The van der Waals surface area contributed by atoms with Crippen LogP contribution in [-0.4, -0.2) is 32.2 Å². The zero-order valence-corrected chi connectivity index (χ0v) is 38.8. The van der Waals surface area contributed by atoms with Crippen LogP contribution < -0.4 is 20.7 Å². The van der Waals surface area contributed by atoms with E-state index >= 15 is 0 Å². The quantitative estimate of drug-likeness (QED) is 0.118. The average Bonchev–Trinajstić information content (AvgIpc) is 3.85. The first-order valence-electron chi connectivity index (χ1n) is 22.6. The molecule has 3 aromatic heterocycles. The summed E-state index contributed by atoms with van der Waals surface area (Å²) < 4.78 is 4.53. The molecule has 3 heterocycles. The zero-order valence-electron chi connectivity index (χ0n) is 37.8. The van der Waals surface area contributed by atoms with E-state index in [0.717, 1.165) is 38.4 Å². The van der Waals surface area contributed by atoms with E-state index in [1.807, 2.05) is 0 Å². The second-order valence-corrected chi connectivity index (χ2v) is 23.1. The number of hydrogen-bond donors (Lipinski definition) is 0. The highest BCUT2D eigenvalue weighted by atomic mass is 28.3. The first kappa shape index (κ1) is 40.4. The molecule has 5 nitrogen and oxygen atoms in total. The molecule has 0 amide bonds. The molecule has 0 unspecified atom stereocenters. The minimum atomic E-state index is -2.87. The topological polar surface area (TPSA) is 48.5 Å². The molecule has 0 radical (unpaired) electrons. The maximum absolute atomic E-state index is 5.59. The van der Waals surface area contributed by atoms with Gasteiger partial charge in [0.15, 0.2) is 13.9 Å². The van der Waals surface area contributed by atoms with Crippen molar-refractivity contribution in [2.45, 2.75) is 52.4 Å². The molecule has 316 valence electrons. The van der Waals surface area contributed by atoms with Gasteiger partial charge in [0.25, 0.3) is 0 Å². The fourth-order valence-corrected chi connectivity index (χ4v) is 14.9. The molecule has 0 aliphatic rings. The Labute approximate surface area is 381 Å². The Morgan fingerprint density at radius 2 is 0.800 bits per heavy atom. The van der Waals surface area contributed by atoms with Crippen LogP contribution in [0.25, 0.3) is 66.9 Å². The summed E-state index contributed by atoms with van der Waals surface area (Å²) in [4.78, 5) is 16.7. The fourth-order valence-electron chi connectivity index (χ4n) is 10.1. The Balaban J connectivity index is 1.25. The van der Waals surface area contributed by atoms with Gasteiger partial charge in [0, 0.05) is 27.1 Å². The number of aromatic nitrogens is 5. The molecular formula is C59H51N5Si. The van der Waals surface area contributed by atoms with Gasteiger partial charge < -0.3 is 0 Å². The molecule has 0 saturated carbocycles. The van der Waals surface area contributed by atoms with Crippen LogP contribution in [0.2, 0.25) is 0 Å². The summed E-state index contributed by atoms with van der Waals surface area (Å²) in [5, 5.41) is 9.86. The number of para-hydroxylation sites is 3. The summed E-state index contributed by atoms with van der Waals surface area (Å²) in [7, 11) is -2.87. The molecule has 11 rings (SSSR count). The summed E-state index contributed by atoms with van der Waals surface area (Å²) in [5.41, 5.74) is 7.51. The predicted octanol–water partition coefficient (Wildman–Crippen LogP) is 11.7. The van der Waals surface area contributed by atoms with E-state index in [-0.39, 0.29) is 10.8 Å². The lowest BCUT2D eigenvalue weighted by atomic mass is 9.79. The predicted molar refractivity (Wildman–Crippen MR) is 275 cm³/mol. The molecule has 65 heavy (non-hydrogen) atoms. The molecule has 0 aliphatic heterocycles. The highest BCUT2D eigenvalue weighted by Gasteiger charge is 2.41. The lowest BCUT2D eigenvalue weighted by molar-refractivity contribution is 0.572. The maximum Gasteiger partial charge on any atom is 0.240 e. The van der Waals surface area contributed by atoms with Gasteiger partial charge in [-0.2, -0.15) is 15.0 Å². The summed E-state index contributed by atoms with van der Waals surface area (Å²) in [6.45, 7) is 13.8. The van der Waals surface area contributed by atoms with E-state index in [0.29, 0.717) is 17.7 Å². The molecule has 0 N–H and O–H groups in total. The molecule has 0 fully saturated rings. The van der Waals surface area contributed by atoms with Crippen LogP contribution in [0.4, 0.5) is 0 Å². The molecule has 0 atom stereocenters. The lowest BCUT2D eigenvalue weighted by Crippen LogP contribution is -2.74. The SMILES string of the molecule is CC(C)(C)c1cc(C(C)(C)C)c2c(c1)c1ccccc1n2-c1nc(-c2cccc([Si](c3ccccc3)(c3ccccc3)c3ccccc3)c2)nc(-n2c3ccccc3c3ccccc32)n1. The van der Waals surface area contributed by atoms with E-state index < -0.39 is 8.07 Å². The maximum atomic E-state index is 5.59. The molecule has 0 aliphatic carbocycles. The van der Waals surface area contributed by atoms with Crippen molar-refractivity contribution in [2.24, 2.45) is 0 Å². The van der Waals surface area contributed by atoms with Crippen LogP contribution in [-0.2, 0) is 10.8 Å². The van der Waals surface area contributed by atoms with Gasteiger partial charge in [-0.3, -0.25) is 9.13 Å². The number of benzene rings is 8. The molecule has 11 aromatic rings. The number of rotatable bonds is 7. The third kappa shape index (κ3) is 6.62. The largest absolute Gasteiger partial charge is 0.278 e. The van der Waals surface area contributed by atoms with Crippen LogP contribution >= 0.6 is 0 Å². The fraction of sp³-hybridized carbons (Fsp3) is 0.136. The van der Waals surface area contributed by atoms with Crippen LogP contribution in [0.15, 0.2) is 200 Å². The Hall–Kier alpha value is -7.41. The van der Waals surface area contributed by atoms with Crippen molar-refractivity contribution in [3.8, 4) is 23.3 Å². The number of hydrogen-bond acceptors (Lipinski definition) is 3. The Bertz CT molecular complexity index is 3410. The number of fused-ring (bicyclic) bond motifs is 6. The van der Waals surface area contributed by atoms with Crippen LogP contribution in [0, 0.1) is 0 Å². The smallest absolute Gasteiger partial charge is 0.240 e. The Morgan fingerprint density at radius 3 is 1.29 bits per heavy atom. The number of nitrogens with zero attached hydrogens (tertiary/aromatic N) is 5. The molecule has 0 bridgehead atoms. The van der Waals surface area contributed by atoms with Gasteiger partial charge in [-0.1, -0.05) is 217 Å². The standard InChI is InChI=1S/C59H51N5Si/c1-58(2,3)41-38-49-48-33-18-21-36-53(48)64(54(49)50(39-41)59(4,5)6)57-61-55(60-56(62-57)63-51-34-19-16-31-46(51)47-32-17-20-35-52(47)63)40-23-22-30-45(37-40)65(42-24-10-7-11-25-42,43-26-12-8-13-27-43)44-28-14-9-15-29-44/h7-39H,1-6H3. The summed E-state index contributed by atoms with van der Waals surface area (Å²) >= 11 is 0. The van der Waals surface area contributed by atoms with Gasteiger partial charge in [0.1, 0.15) is 0 Å². The van der Waals surface area contributed by atoms with E-state index in [2.05, 4.69) is 251 Å². The van der Waals surface area contributed by atoms with Crippen molar-refractivity contribution in [3.63, 3.8) is 0 Å². The molecule has 0 spiro atoms. The van der Waals surface area contributed by atoms with E-state index in [4.69, 9.17) is 15.0 Å². The third-order valence-electron chi connectivity index (χ3n) is 13.2. The first-order valence-corrected chi connectivity index (χ1v) is 24.6. The summed E-state index contributed by atoms with van der Waals surface area (Å²) in [6.07, 6.45) is 0. The van der Waals surface area contributed by atoms with Crippen molar-refractivity contribution < 1.29 is 0 Å². The summed E-state index contributed by atoms with van der Waals surface area (Å²) in [5.74, 6) is 1.76. The van der Waals surface area contributed by atoms with Crippen LogP contribution in [0.3, 0.4) is 0 Å². The van der Waals surface area contributed by atoms with E-state index in [9.17, 15) is 0 Å². The average molecular weight is 858 g/mol. The Kier molecular flexibility index (Phi) is 9.56. The van der Waals surface area contributed by atoms with Crippen molar-refractivity contribution >= 4 is 72.4 Å². The normalized spacial score (nSPS) is 12.5. The van der Waals surface area contributed by atoms with Gasteiger partial charge >= 0.3 is 0 Å². The molecular weight excluding hydrogens is 807 g/mol. The van der Waals surface area contributed by atoms with E-state index in [1.165, 1.54) is 42.6 Å². The lowest BCUT2D eigenvalue weighted by Gasteiger charge is -2.34. The van der Waals surface area contributed by atoms with Gasteiger partial charge in [-0.05, 0) is 67.0 Å².